The highest BCUT2D eigenvalue weighted by Crippen LogP contribution is 2.30. The number of ether oxygens (including phenoxy) is 3. The zero-order chi connectivity index (χ0) is 21.8. The van der Waals surface area contributed by atoms with Crippen LogP contribution < -0.4 is 16.2 Å². The third-order valence-electron chi connectivity index (χ3n) is 4.44. The lowest BCUT2D eigenvalue weighted by molar-refractivity contribution is -0.150. The Labute approximate surface area is 175 Å². The van der Waals surface area contributed by atoms with Crippen LogP contribution in [0.5, 0.6) is 0 Å². The van der Waals surface area contributed by atoms with E-state index >= 15 is 0 Å². The Morgan fingerprint density at radius 2 is 1.90 bits per heavy atom. The van der Waals surface area contributed by atoms with E-state index in [1.807, 2.05) is 31.2 Å². The predicted octanol–water partition coefficient (Wildman–Crippen LogP) is 3.57. The first kappa shape index (κ1) is 21.8. The number of fused-ring (bicyclic) bond motifs is 1. The van der Waals surface area contributed by atoms with Gasteiger partial charge >= 0.3 is 6.09 Å². The number of hydrazine groups is 1. The highest BCUT2D eigenvalue weighted by molar-refractivity contribution is 6.03. The van der Waals surface area contributed by atoms with Gasteiger partial charge in [0, 0.05) is 18.2 Å². The molecule has 30 heavy (non-hydrogen) atoms. The van der Waals surface area contributed by atoms with Gasteiger partial charge in [-0.2, -0.15) is 0 Å². The molecular weight excluding hydrogens is 388 g/mol. The Balaban J connectivity index is 1.73. The summed E-state index contributed by atoms with van der Waals surface area (Å²) in [4.78, 5) is 29.0. The van der Waals surface area contributed by atoms with Gasteiger partial charge < -0.3 is 19.5 Å². The maximum absolute atomic E-state index is 12.5. The number of carbonyl (C=O) groups excluding carboxylic acids is 2. The summed E-state index contributed by atoms with van der Waals surface area (Å²) in [5.74, 6) is -0.953. The second-order valence-electron chi connectivity index (χ2n) is 8.19. The minimum absolute atomic E-state index is 0.211. The van der Waals surface area contributed by atoms with Crippen molar-refractivity contribution in [2.24, 2.45) is 0 Å². The first-order valence-electron chi connectivity index (χ1n) is 9.86. The Kier molecular flexibility index (Phi) is 6.42. The van der Waals surface area contributed by atoms with Crippen molar-refractivity contribution < 1.29 is 23.8 Å². The van der Waals surface area contributed by atoms with Crippen LogP contribution in [-0.2, 0) is 19.0 Å². The van der Waals surface area contributed by atoms with E-state index in [0.29, 0.717) is 36.5 Å². The lowest BCUT2D eigenvalue weighted by atomic mass is 10.1. The summed E-state index contributed by atoms with van der Waals surface area (Å²) in [7, 11) is 0. The normalized spacial score (nSPS) is 15.6. The summed E-state index contributed by atoms with van der Waals surface area (Å²) < 4.78 is 16.3. The Hall–Kier alpha value is -2.91. The Morgan fingerprint density at radius 3 is 2.60 bits per heavy atom. The van der Waals surface area contributed by atoms with E-state index in [9.17, 15) is 9.59 Å². The van der Waals surface area contributed by atoms with Crippen molar-refractivity contribution in [3.8, 4) is 0 Å². The first-order valence-corrected chi connectivity index (χ1v) is 9.86. The molecule has 9 heteroatoms. The number of anilines is 2. The Morgan fingerprint density at radius 1 is 1.20 bits per heavy atom. The van der Waals surface area contributed by atoms with Gasteiger partial charge in [-0.05, 0) is 33.8 Å². The van der Waals surface area contributed by atoms with Crippen molar-refractivity contribution in [2.45, 2.75) is 51.9 Å². The van der Waals surface area contributed by atoms with Crippen molar-refractivity contribution in [3.05, 3.63) is 30.5 Å². The van der Waals surface area contributed by atoms with Gasteiger partial charge in [-0.15, -0.1) is 0 Å². The van der Waals surface area contributed by atoms with Crippen molar-refractivity contribution in [1.82, 2.24) is 10.4 Å². The summed E-state index contributed by atoms with van der Waals surface area (Å²) in [6, 6.07) is 7.40. The van der Waals surface area contributed by atoms with Crippen molar-refractivity contribution >= 4 is 34.3 Å². The van der Waals surface area contributed by atoms with Gasteiger partial charge in [0.25, 0.3) is 0 Å². The summed E-state index contributed by atoms with van der Waals surface area (Å²) in [5, 5.41) is 3.59. The van der Waals surface area contributed by atoms with E-state index in [4.69, 9.17) is 14.2 Å². The lowest BCUT2D eigenvalue weighted by Gasteiger charge is -2.22. The third-order valence-corrected chi connectivity index (χ3v) is 4.44. The number of nitrogens with one attached hydrogen (secondary N) is 3. The van der Waals surface area contributed by atoms with Gasteiger partial charge in [-0.1, -0.05) is 18.2 Å². The molecular formula is C21H28N4O5. The molecule has 1 saturated heterocycles. The van der Waals surface area contributed by atoms with Crippen molar-refractivity contribution in [1.29, 1.82) is 0 Å². The maximum atomic E-state index is 12.5. The molecule has 0 spiro atoms. The number of hydrogen-bond acceptors (Lipinski definition) is 7. The molecule has 1 aromatic heterocycles. The minimum Gasteiger partial charge on any atom is -0.443 e. The molecule has 9 nitrogen and oxygen atoms in total. The van der Waals surface area contributed by atoms with Crippen LogP contribution in [-0.4, -0.2) is 41.6 Å². The molecule has 2 aromatic rings. The molecule has 3 N–H and O–H groups in total. The number of pyridine rings is 1. The summed E-state index contributed by atoms with van der Waals surface area (Å²) in [6.45, 7) is 8.20. The molecule has 0 aliphatic carbocycles. The zero-order valence-electron chi connectivity index (χ0n) is 17.7. The van der Waals surface area contributed by atoms with E-state index in [1.54, 1.807) is 27.0 Å². The van der Waals surface area contributed by atoms with Crippen LogP contribution in [0.3, 0.4) is 0 Å². The van der Waals surface area contributed by atoms with E-state index in [-0.39, 0.29) is 12.3 Å². The van der Waals surface area contributed by atoms with E-state index < -0.39 is 17.5 Å². The maximum Gasteiger partial charge on any atom is 0.426 e. The molecule has 0 atom stereocenters. The summed E-state index contributed by atoms with van der Waals surface area (Å²) >= 11 is 0. The standard InChI is InChI=1S/C21H28N4O5/c1-20(2,3)30-19(27)25-24-18-14-7-5-6-8-15(14)22-13-16(18)23-17(26)9-10-21(4)28-11-12-29-21/h5-8,13H,9-12H2,1-4H3,(H,22,24)(H,23,26)(H,25,27). The smallest absolute Gasteiger partial charge is 0.426 e. The monoisotopic (exact) mass is 416 g/mol. The molecule has 1 aliphatic heterocycles. The molecule has 1 fully saturated rings. The van der Waals surface area contributed by atoms with Gasteiger partial charge in [-0.25, -0.2) is 10.2 Å². The topological polar surface area (TPSA) is 111 Å². The molecule has 0 radical (unpaired) electrons. The van der Waals surface area contributed by atoms with Crippen LogP contribution in [0.25, 0.3) is 10.9 Å². The number of nitrogens with zero attached hydrogens (tertiary/aromatic N) is 1. The van der Waals surface area contributed by atoms with Gasteiger partial charge in [-0.3, -0.25) is 15.2 Å². The zero-order valence-corrected chi connectivity index (χ0v) is 17.7. The molecule has 0 bridgehead atoms. The quantitative estimate of drug-likeness (QED) is 0.617. The fourth-order valence-corrected chi connectivity index (χ4v) is 3.04. The summed E-state index contributed by atoms with van der Waals surface area (Å²) in [5.41, 5.74) is 6.40. The van der Waals surface area contributed by atoms with Gasteiger partial charge in [0.1, 0.15) is 5.60 Å². The first-order chi connectivity index (χ1) is 14.2. The number of aromatic nitrogens is 1. The molecule has 1 aromatic carbocycles. The molecule has 2 amide bonds. The van der Waals surface area contributed by atoms with Crippen LogP contribution in [0.2, 0.25) is 0 Å². The third kappa shape index (κ3) is 5.80. The molecule has 1 aliphatic rings. The van der Waals surface area contributed by atoms with E-state index in [1.165, 1.54) is 0 Å². The fraction of sp³-hybridized carbons (Fsp3) is 0.476. The second-order valence-corrected chi connectivity index (χ2v) is 8.19. The van der Waals surface area contributed by atoms with Gasteiger partial charge in [0.2, 0.25) is 5.91 Å². The second kappa shape index (κ2) is 8.85. The van der Waals surface area contributed by atoms with Gasteiger partial charge in [0.15, 0.2) is 5.79 Å². The highest BCUT2D eigenvalue weighted by Gasteiger charge is 2.31. The van der Waals surface area contributed by atoms with Crippen LogP contribution >= 0.6 is 0 Å². The minimum atomic E-state index is -0.738. The SMILES string of the molecule is CC(C)(C)OC(=O)NNc1c(NC(=O)CCC2(C)OCCO2)cnc2ccccc12. The predicted molar refractivity (Wildman–Crippen MR) is 113 cm³/mol. The lowest BCUT2D eigenvalue weighted by Crippen LogP contribution is -2.36. The molecule has 0 unspecified atom stereocenters. The number of para-hydroxylation sites is 1. The summed E-state index contributed by atoms with van der Waals surface area (Å²) in [6.07, 6.45) is 1.55. The Bertz CT molecular complexity index is 919. The number of benzene rings is 1. The average molecular weight is 416 g/mol. The molecule has 3 rings (SSSR count). The van der Waals surface area contributed by atoms with Crippen LogP contribution in [0.15, 0.2) is 30.5 Å². The van der Waals surface area contributed by atoms with Crippen molar-refractivity contribution in [2.75, 3.05) is 24.0 Å². The van der Waals surface area contributed by atoms with Crippen LogP contribution in [0.4, 0.5) is 16.2 Å². The largest absolute Gasteiger partial charge is 0.443 e. The fourth-order valence-electron chi connectivity index (χ4n) is 3.04. The number of carbonyl (C=O) groups is 2. The van der Waals surface area contributed by atoms with Crippen LogP contribution in [0.1, 0.15) is 40.5 Å². The number of hydrogen-bond donors (Lipinski definition) is 3. The number of rotatable bonds is 6. The molecule has 162 valence electrons. The molecule has 2 heterocycles. The highest BCUT2D eigenvalue weighted by atomic mass is 16.7. The van der Waals surface area contributed by atoms with E-state index in [0.717, 1.165) is 5.39 Å². The van der Waals surface area contributed by atoms with E-state index in [2.05, 4.69) is 21.2 Å². The average Bonchev–Trinajstić information content (AvgIpc) is 3.11. The molecule has 0 saturated carbocycles. The van der Waals surface area contributed by atoms with Crippen LogP contribution in [0, 0.1) is 0 Å². The van der Waals surface area contributed by atoms with Crippen molar-refractivity contribution in [3.63, 3.8) is 0 Å². The van der Waals surface area contributed by atoms with Gasteiger partial charge in [0.05, 0.1) is 36.3 Å². The number of amides is 2.